The minimum absolute atomic E-state index is 0.0766. The number of nitrogens with one attached hydrogen (secondary N) is 2. The second-order valence-electron chi connectivity index (χ2n) is 5.84. The topological polar surface area (TPSA) is 90.4 Å². The normalized spacial score (nSPS) is 17.6. The van der Waals surface area contributed by atoms with Gasteiger partial charge in [0.05, 0.1) is 6.04 Å². The molecule has 1 atom stereocenters. The van der Waals surface area contributed by atoms with Gasteiger partial charge in [-0.1, -0.05) is 23.7 Å². The molecule has 7 nitrogen and oxygen atoms in total. The zero-order valence-electron chi connectivity index (χ0n) is 13.8. The molecule has 0 spiro atoms. The number of halogens is 4. The van der Waals surface area contributed by atoms with Crippen molar-refractivity contribution in [1.29, 1.82) is 0 Å². The number of carbonyl (C=O) groups is 1. The van der Waals surface area contributed by atoms with Crippen molar-refractivity contribution >= 4 is 29.3 Å². The van der Waals surface area contributed by atoms with Crippen molar-refractivity contribution in [3.8, 4) is 0 Å². The minimum Gasteiger partial charge on any atom is -0.465 e. The summed E-state index contributed by atoms with van der Waals surface area (Å²) in [5.41, 5.74) is 0.213. The van der Waals surface area contributed by atoms with E-state index in [0.717, 1.165) is 5.56 Å². The van der Waals surface area contributed by atoms with Crippen LogP contribution in [0.1, 0.15) is 17.2 Å². The van der Waals surface area contributed by atoms with Gasteiger partial charge in [0.25, 0.3) is 0 Å². The third-order valence-electron chi connectivity index (χ3n) is 4.09. The van der Waals surface area contributed by atoms with E-state index in [1.165, 1.54) is 4.90 Å². The van der Waals surface area contributed by atoms with Gasteiger partial charge in [-0.05, 0) is 17.7 Å². The van der Waals surface area contributed by atoms with E-state index in [2.05, 4.69) is 20.6 Å². The molecule has 2 aromatic rings. The quantitative estimate of drug-likeness (QED) is 0.682. The van der Waals surface area contributed by atoms with E-state index in [0.29, 0.717) is 31.5 Å². The average molecular weight is 402 g/mol. The molecule has 2 heterocycles. The maximum absolute atomic E-state index is 12.7. The van der Waals surface area contributed by atoms with Gasteiger partial charge < -0.3 is 15.7 Å². The van der Waals surface area contributed by atoms with Crippen LogP contribution in [0.3, 0.4) is 0 Å². The van der Waals surface area contributed by atoms with Gasteiger partial charge in [0.15, 0.2) is 0 Å². The molecule has 3 rings (SSSR count). The molecule has 1 saturated heterocycles. The van der Waals surface area contributed by atoms with Gasteiger partial charge >= 0.3 is 12.3 Å². The summed E-state index contributed by atoms with van der Waals surface area (Å²) in [6, 6.07) is 6.49. The monoisotopic (exact) mass is 401 g/mol. The molecule has 0 bridgehead atoms. The van der Waals surface area contributed by atoms with Crippen molar-refractivity contribution in [3.63, 3.8) is 0 Å². The minimum atomic E-state index is -4.62. The Morgan fingerprint density at radius 1 is 1.33 bits per heavy atom. The van der Waals surface area contributed by atoms with Gasteiger partial charge in [-0.15, -0.1) is 0 Å². The first-order chi connectivity index (χ1) is 12.8. The van der Waals surface area contributed by atoms with Crippen LogP contribution < -0.4 is 10.6 Å². The zero-order chi connectivity index (χ0) is 19.6. The molecule has 144 valence electrons. The summed E-state index contributed by atoms with van der Waals surface area (Å²) in [7, 11) is 0. The number of alkyl halides is 3. The third-order valence-corrected chi connectivity index (χ3v) is 4.38. The number of anilines is 2. The van der Waals surface area contributed by atoms with Crippen LogP contribution in [-0.2, 0) is 6.18 Å². The van der Waals surface area contributed by atoms with E-state index in [1.54, 1.807) is 24.3 Å². The van der Waals surface area contributed by atoms with E-state index >= 15 is 0 Å². The summed E-state index contributed by atoms with van der Waals surface area (Å²) >= 11 is 5.57. The molecule has 1 aliphatic rings. The zero-order valence-corrected chi connectivity index (χ0v) is 14.6. The van der Waals surface area contributed by atoms with Crippen LogP contribution in [-0.4, -0.2) is 45.7 Å². The first kappa shape index (κ1) is 19.2. The lowest BCUT2D eigenvalue weighted by atomic mass is 10.0. The summed E-state index contributed by atoms with van der Waals surface area (Å²) in [4.78, 5) is 19.9. The lowest BCUT2D eigenvalue weighted by molar-refractivity contribution is -0.137. The maximum atomic E-state index is 12.7. The molecule has 1 aromatic heterocycles. The highest BCUT2D eigenvalue weighted by molar-refractivity contribution is 6.30. The van der Waals surface area contributed by atoms with Crippen LogP contribution in [0, 0.1) is 0 Å². The summed E-state index contributed by atoms with van der Waals surface area (Å²) < 4.78 is 38.0. The van der Waals surface area contributed by atoms with Crippen molar-refractivity contribution in [2.45, 2.75) is 12.2 Å². The standard InChI is InChI=1S/C16H15ClF3N5O2/c17-13-11(16(18,19)20)7-22-14(24-13)23-10-3-1-9(2-4-10)12-8-21-5-6-25(12)15(26)27/h1-4,7,12,21H,5-6,8H2,(H,26,27)(H,22,23,24). The lowest BCUT2D eigenvalue weighted by Gasteiger charge is -2.34. The number of rotatable bonds is 3. The third kappa shape index (κ3) is 4.40. The molecule has 1 aliphatic heterocycles. The van der Waals surface area contributed by atoms with Crippen LogP contribution >= 0.6 is 11.6 Å². The molecular formula is C16H15ClF3N5O2. The number of carboxylic acid groups (broad SMARTS) is 1. The van der Waals surface area contributed by atoms with Crippen LogP contribution in [0.25, 0.3) is 0 Å². The lowest BCUT2D eigenvalue weighted by Crippen LogP contribution is -2.48. The van der Waals surface area contributed by atoms with Gasteiger partial charge in [-0.25, -0.2) is 14.8 Å². The van der Waals surface area contributed by atoms with E-state index in [-0.39, 0.29) is 12.0 Å². The molecule has 0 radical (unpaired) electrons. The number of amides is 1. The van der Waals surface area contributed by atoms with Gasteiger partial charge in [0, 0.05) is 31.5 Å². The van der Waals surface area contributed by atoms with Crippen LogP contribution in [0.4, 0.5) is 29.6 Å². The molecular weight excluding hydrogens is 387 g/mol. The van der Waals surface area contributed by atoms with Crippen molar-refractivity contribution < 1.29 is 23.1 Å². The first-order valence-corrected chi connectivity index (χ1v) is 8.30. The predicted octanol–water partition coefficient (Wildman–Crippen LogP) is 3.52. The Morgan fingerprint density at radius 3 is 2.63 bits per heavy atom. The number of aromatic nitrogens is 2. The Hall–Kier alpha value is -2.59. The number of piperazine rings is 1. The Bertz CT molecular complexity index is 832. The summed E-state index contributed by atoms with van der Waals surface area (Å²) in [6.45, 7) is 1.48. The average Bonchev–Trinajstić information content (AvgIpc) is 2.61. The molecule has 1 fully saturated rings. The molecule has 1 unspecified atom stereocenters. The maximum Gasteiger partial charge on any atom is 0.420 e. The summed E-state index contributed by atoms with van der Waals surface area (Å²) in [5, 5.41) is 14.5. The van der Waals surface area contributed by atoms with Crippen molar-refractivity contribution in [2.75, 3.05) is 25.0 Å². The SMILES string of the molecule is O=C(O)N1CCNCC1c1ccc(Nc2ncc(C(F)(F)F)c(Cl)n2)cc1. The van der Waals surface area contributed by atoms with Gasteiger partial charge in [-0.3, -0.25) is 4.90 Å². The van der Waals surface area contributed by atoms with Crippen molar-refractivity contribution in [3.05, 3.63) is 46.7 Å². The van der Waals surface area contributed by atoms with Crippen LogP contribution in [0.5, 0.6) is 0 Å². The molecule has 11 heteroatoms. The van der Waals surface area contributed by atoms with E-state index in [1.807, 2.05) is 0 Å². The molecule has 3 N–H and O–H groups in total. The number of benzene rings is 1. The fourth-order valence-corrected chi connectivity index (χ4v) is 3.00. The fraction of sp³-hybridized carbons (Fsp3) is 0.312. The Balaban J connectivity index is 1.74. The number of hydrogen-bond acceptors (Lipinski definition) is 5. The predicted molar refractivity (Wildman–Crippen MR) is 92.1 cm³/mol. The molecule has 0 aliphatic carbocycles. The van der Waals surface area contributed by atoms with Crippen molar-refractivity contribution in [1.82, 2.24) is 20.2 Å². The van der Waals surface area contributed by atoms with Gasteiger partial charge in [0.1, 0.15) is 10.7 Å². The van der Waals surface area contributed by atoms with Crippen LogP contribution in [0.15, 0.2) is 30.5 Å². The Morgan fingerprint density at radius 2 is 2.04 bits per heavy atom. The highest BCUT2D eigenvalue weighted by Crippen LogP contribution is 2.33. The summed E-state index contributed by atoms with van der Waals surface area (Å²) in [6.07, 6.45) is -5.00. The second kappa shape index (κ2) is 7.57. The number of nitrogens with zero attached hydrogens (tertiary/aromatic N) is 3. The van der Waals surface area contributed by atoms with Crippen molar-refractivity contribution in [2.24, 2.45) is 0 Å². The van der Waals surface area contributed by atoms with E-state index in [9.17, 15) is 23.1 Å². The molecule has 1 amide bonds. The first-order valence-electron chi connectivity index (χ1n) is 7.92. The fourth-order valence-electron chi connectivity index (χ4n) is 2.76. The molecule has 1 aromatic carbocycles. The van der Waals surface area contributed by atoms with Gasteiger partial charge in [0.2, 0.25) is 5.95 Å². The molecule has 0 saturated carbocycles. The molecule has 27 heavy (non-hydrogen) atoms. The van der Waals surface area contributed by atoms with Crippen LogP contribution in [0.2, 0.25) is 5.15 Å². The largest absolute Gasteiger partial charge is 0.465 e. The highest BCUT2D eigenvalue weighted by atomic mass is 35.5. The Kier molecular flexibility index (Phi) is 5.38. The smallest absolute Gasteiger partial charge is 0.420 e. The summed E-state index contributed by atoms with van der Waals surface area (Å²) in [5.74, 6) is -0.0766. The van der Waals surface area contributed by atoms with E-state index < -0.39 is 23.0 Å². The van der Waals surface area contributed by atoms with Gasteiger partial charge in [-0.2, -0.15) is 13.2 Å². The highest BCUT2D eigenvalue weighted by Gasteiger charge is 2.34. The number of hydrogen-bond donors (Lipinski definition) is 3. The second-order valence-corrected chi connectivity index (χ2v) is 6.20. The van der Waals surface area contributed by atoms with E-state index in [4.69, 9.17) is 11.6 Å². The Labute approximate surface area is 157 Å².